The molecule has 1 N–H and O–H groups in total. The number of methoxy groups -OCH3 is 1. The number of rotatable bonds is 5. The SMILES string of the molecule is COc1ccc2c(c1)NC(=O)[C@]2(C(C#N)C#N)C(F)(F)C(=O)c1ccccc1. The van der Waals surface area contributed by atoms with Gasteiger partial charge in [0, 0.05) is 22.9 Å². The van der Waals surface area contributed by atoms with E-state index < -0.39 is 28.9 Å². The lowest BCUT2D eigenvalue weighted by atomic mass is 9.65. The van der Waals surface area contributed by atoms with E-state index in [1.165, 1.54) is 61.7 Å². The highest BCUT2D eigenvalue weighted by Gasteiger charge is 2.71. The van der Waals surface area contributed by atoms with E-state index >= 15 is 8.78 Å². The predicted molar refractivity (Wildman–Crippen MR) is 93.7 cm³/mol. The fourth-order valence-electron chi connectivity index (χ4n) is 3.39. The largest absolute Gasteiger partial charge is 0.497 e. The highest BCUT2D eigenvalue weighted by atomic mass is 19.3. The van der Waals surface area contributed by atoms with Crippen molar-refractivity contribution in [3.05, 3.63) is 59.7 Å². The van der Waals surface area contributed by atoms with Crippen molar-refractivity contribution in [3.8, 4) is 17.9 Å². The minimum Gasteiger partial charge on any atom is -0.497 e. The second-order valence-corrected chi connectivity index (χ2v) is 6.13. The first-order valence-electron chi connectivity index (χ1n) is 8.11. The van der Waals surface area contributed by atoms with Gasteiger partial charge in [-0.05, 0) is 6.07 Å². The molecule has 1 aliphatic heterocycles. The Labute approximate surface area is 159 Å². The predicted octanol–water partition coefficient (Wildman–Crippen LogP) is 3.07. The molecule has 140 valence electrons. The maximum Gasteiger partial charge on any atom is 0.330 e. The summed E-state index contributed by atoms with van der Waals surface area (Å²) >= 11 is 0. The summed E-state index contributed by atoms with van der Waals surface area (Å²) in [6, 6.07) is 13.4. The Morgan fingerprint density at radius 3 is 2.39 bits per heavy atom. The Kier molecular flexibility index (Phi) is 4.58. The second-order valence-electron chi connectivity index (χ2n) is 6.13. The van der Waals surface area contributed by atoms with E-state index in [1.807, 2.05) is 0 Å². The fraction of sp³-hybridized carbons (Fsp3) is 0.200. The van der Waals surface area contributed by atoms with Crippen LogP contribution in [0, 0.1) is 28.6 Å². The standard InChI is InChI=1S/C20H13F2N3O3/c1-28-14-7-8-15-16(9-14)25-18(27)19(15,13(10-23)11-24)20(21,22)17(26)12-5-3-2-4-6-12/h2-9,13H,1H3,(H,25,27)/t19-/m1/s1. The highest BCUT2D eigenvalue weighted by molar-refractivity contribution is 6.14. The number of ketones is 1. The molecule has 0 bridgehead atoms. The fourth-order valence-corrected chi connectivity index (χ4v) is 3.39. The van der Waals surface area contributed by atoms with Gasteiger partial charge in [0.15, 0.2) is 11.3 Å². The number of alkyl halides is 2. The van der Waals surface area contributed by atoms with Crippen LogP contribution in [0.5, 0.6) is 5.75 Å². The van der Waals surface area contributed by atoms with Crippen LogP contribution in [0.2, 0.25) is 0 Å². The lowest BCUT2D eigenvalue weighted by molar-refractivity contribution is -0.134. The van der Waals surface area contributed by atoms with Gasteiger partial charge in [-0.15, -0.1) is 0 Å². The van der Waals surface area contributed by atoms with Crippen molar-refractivity contribution in [2.45, 2.75) is 11.3 Å². The number of nitrogens with one attached hydrogen (secondary N) is 1. The molecule has 1 atom stereocenters. The van der Waals surface area contributed by atoms with Crippen molar-refractivity contribution in [1.29, 1.82) is 10.5 Å². The minimum absolute atomic E-state index is 0.0413. The van der Waals surface area contributed by atoms with Crippen LogP contribution in [0.25, 0.3) is 0 Å². The number of benzene rings is 2. The molecule has 6 nitrogen and oxygen atoms in total. The molecule has 0 aliphatic carbocycles. The third kappa shape index (κ3) is 2.43. The monoisotopic (exact) mass is 381 g/mol. The molecule has 0 fully saturated rings. The van der Waals surface area contributed by atoms with Crippen LogP contribution >= 0.6 is 0 Å². The van der Waals surface area contributed by atoms with Gasteiger partial charge in [0.2, 0.25) is 11.7 Å². The van der Waals surface area contributed by atoms with Gasteiger partial charge in [0.25, 0.3) is 0 Å². The number of halogens is 2. The number of carbonyl (C=O) groups is 2. The maximum absolute atomic E-state index is 15.7. The number of fused-ring (bicyclic) bond motifs is 1. The van der Waals surface area contributed by atoms with E-state index in [-0.39, 0.29) is 22.6 Å². The zero-order chi connectivity index (χ0) is 20.5. The second kappa shape index (κ2) is 6.75. The molecule has 1 heterocycles. The van der Waals surface area contributed by atoms with Crippen LogP contribution in [0.1, 0.15) is 15.9 Å². The Balaban J connectivity index is 2.30. The molecule has 1 aliphatic rings. The molecule has 0 spiro atoms. The molecule has 0 radical (unpaired) electrons. The molecule has 0 saturated heterocycles. The molecule has 0 saturated carbocycles. The first-order chi connectivity index (χ1) is 13.3. The van der Waals surface area contributed by atoms with Crippen molar-refractivity contribution in [2.75, 3.05) is 12.4 Å². The Morgan fingerprint density at radius 1 is 1.18 bits per heavy atom. The van der Waals surface area contributed by atoms with E-state index in [9.17, 15) is 20.1 Å². The summed E-state index contributed by atoms with van der Waals surface area (Å²) in [4.78, 5) is 25.5. The zero-order valence-electron chi connectivity index (χ0n) is 14.6. The van der Waals surface area contributed by atoms with E-state index in [2.05, 4.69) is 5.32 Å². The van der Waals surface area contributed by atoms with Crippen LogP contribution in [-0.4, -0.2) is 24.7 Å². The van der Waals surface area contributed by atoms with Crippen LogP contribution in [0.4, 0.5) is 14.5 Å². The van der Waals surface area contributed by atoms with E-state index in [0.29, 0.717) is 0 Å². The molecule has 3 rings (SSSR count). The lowest BCUT2D eigenvalue weighted by Crippen LogP contribution is -2.58. The third-order valence-electron chi connectivity index (χ3n) is 4.77. The number of nitrogens with zero attached hydrogens (tertiary/aromatic N) is 2. The number of carbonyl (C=O) groups excluding carboxylic acids is 2. The molecular formula is C20H13F2N3O3. The number of Topliss-reactive ketones (excluding diaryl/α,β-unsaturated/α-hetero) is 1. The van der Waals surface area contributed by atoms with Gasteiger partial charge in [0.1, 0.15) is 5.75 Å². The molecule has 2 aromatic rings. The van der Waals surface area contributed by atoms with Crippen molar-refractivity contribution in [2.24, 2.45) is 5.92 Å². The first-order valence-corrected chi connectivity index (χ1v) is 8.11. The van der Waals surface area contributed by atoms with Gasteiger partial charge in [-0.3, -0.25) is 9.59 Å². The van der Waals surface area contributed by atoms with Crippen LogP contribution in [0.15, 0.2) is 48.5 Å². The number of amides is 1. The summed E-state index contributed by atoms with van der Waals surface area (Å²) in [5.74, 6) is -9.14. The Hall–Kier alpha value is -3.78. The summed E-state index contributed by atoms with van der Waals surface area (Å²) in [6.45, 7) is 0. The quantitative estimate of drug-likeness (QED) is 0.802. The molecule has 28 heavy (non-hydrogen) atoms. The third-order valence-corrected chi connectivity index (χ3v) is 4.77. The van der Waals surface area contributed by atoms with Gasteiger partial charge < -0.3 is 10.1 Å². The van der Waals surface area contributed by atoms with Gasteiger partial charge >= 0.3 is 5.92 Å². The topological polar surface area (TPSA) is 103 Å². The van der Waals surface area contributed by atoms with Crippen molar-refractivity contribution >= 4 is 17.4 Å². The minimum atomic E-state index is -4.37. The van der Waals surface area contributed by atoms with Crippen LogP contribution < -0.4 is 10.1 Å². The molecule has 2 aromatic carbocycles. The molecular weight excluding hydrogens is 368 g/mol. The number of anilines is 1. The molecule has 0 unspecified atom stereocenters. The maximum atomic E-state index is 15.7. The van der Waals surface area contributed by atoms with Gasteiger partial charge in [-0.25, -0.2) is 0 Å². The summed E-state index contributed by atoms with van der Waals surface area (Å²) in [7, 11) is 1.35. The summed E-state index contributed by atoms with van der Waals surface area (Å²) < 4.78 is 36.3. The summed E-state index contributed by atoms with van der Waals surface area (Å²) in [5.41, 5.74) is -3.68. The van der Waals surface area contributed by atoms with Crippen molar-refractivity contribution in [3.63, 3.8) is 0 Å². The average Bonchev–Trinajstić information content (AvgIpc) is 3.01. The van der Waals surface area contributed by atoms with E-state index in [1.54, 1.807) is 6.07 Å². The molecule has 0 aromatic heterocycles. The van der Waals surface area contributed by atoms with Crippen molar-refractivity contribution in [1.82, 2.24) is 0 Å². The zero-order valence-corrected chi connectivity index (χ0v) is 14.6. The molecule has 8 heteroatoms. The number of hydrogen-bond donors (Lipinski definition) is 1. The number of hydrogen-bond acceptors (Lipinski definition) is 5. The number of nitriles is 2. The lowest BCUT2D eigenvalue weighted by Gasteiger charge is -2.35. The highest BCUT2D eigenvalue weighted by Crippen LogP contribution is 2.54. The van der Waals surface area contributed by atoms with Crippen LogP contribution in [0.3, 0.4) is 0 Å². The van der Waals surface area contributed by atoms with Gasteiger partial charge in [-0.1, -0.05) is 36.4 Å². The Morgan fingerprint density at radius 2 is 1.82 bits per heavy atom. The first kappa shape index (κ1) is 19.0. The Bertz CT molecular complexity index is 1030. The van der Waals surface area contributed by atoms with Crippen LogP contribution in [-0.2, 0) is 10.2 Å². The van der Waals surface area contributed by atoms with E-state index in [0.717, 1.165) is 0 Å². The summed E-state index contributed by atoms with van der Waals surface area (Å²) in [6.07, 6.45) is 0. The van der Waals surface area contributed by atoms with E-state index in [4.69, 9.17) is 4.74 Å². The normalized spacial score (nSPS) is 18.0. The smallest absolute Gasteiger partial charge is 0.330 e. The average molecular weight is 381 g/mol. The van der Waals surface area contributed by atoms with Gasteiger partial charge in [-0.2, -0.15) is 19.3 Å². The number of ether oxygens (including phenoxy) is 1. The molecule has 1 amide bonds. The van der Waals surface area contributed by atoms with Gasteiger partial charge in [0.05, 0.1) is 19.2 Å². The van der Waals surface area contributed by atoms with Crippen molar-refractivity contribution < 1.29 is 23.1 Å². The summed E-state index contributed by atoms with van der Waals surface area (Å²) in [5, 5.41) is 21.1.